The summed E-state index contributed by atoms with van der Waals surface area (Å²) in [6.07, 6.45) is 1.60. The van der Waals surface area contributed by atoms with Gasteiger partial charge < -0.3 is 43.8 Å². The van der Waals surface area contributed by atoms with Crippen LogP contribution in [0.1, 0.15) is 87.0 Å². The molecule has 17 heteroatoms. The van der Waals surface area contributed by atoms with E-state index in [4.69, 9.17) is 23.7 Å². The summed E-state index contributed by atoms with van der Waals surface area (Å²) in [5, 5.41) is 23.6. The number of ether oxygens (including phenoxy) is 5. The van der Waals surface area contributed by atoms with Crippen molar-refractivity contribution < 1.29 is 48.0 Å². The van der Waals surface area contributed by atoms with Gasteiger partial charge in [-0.05, 0) is 98.5 Å². The number of esters is 1. The van der Waals surface area contributed by atoms with Crippen molar-refractivity contribution in [3.8, 4) is 11.4 Å². The first kappa shape index (κ1) is 47.2. The maximum absolute atomic E-state index is 14.5. The third-order valence-electron chi connectivity index (χ3n) is 12.8. The number of likely N-dealkylation sites (N-methyl/N-ethyl adjacent to an activating group) is 1. The number of hydrogen-bond acceptors (Lipinski definition) is 15. The Labute approximate surface area is 354 Å². The van der Waals surface area contributed by atoms with Crippen molar-refractivity contribution in [3.63, 3.8) is 0 Å². The van der Waals surface area contributed by atoms with Crippen molar-refractivity contribution in [2.45, 2.75) is 154 Å². The number of rotatable bonds is 13. The lowest BCUT2D eigenvalue weighted by atomic mass is 9.76. The molecule has 5 heterocycles. The molecule has 17 nitrogen and oxygen atoms in total. The van der Waals surface area contributed by atoms with E-state index in [1.54, 1.807) is 29.6 Å². The molecule has 0 saturated carbocycles. The third kappa shape index (κ3) is 10.2. The summed E-state index contributed by atoms with van der Waals surface area (Å²) < 4.78 is 33.2. The lowest BCUT2D eigenvalue weighted by Crippen LogP contribution is -2.61. The third-order valence-corrected chi connectivity index (χ3v) is 12.8. The number of amides is 1. The summed E-state index contributed by atoms with van der Waals surface area (Å²) in [5.74, 6) is -3.70. The van der Waals surface area contributed by atoms with Crippen LogP contribution in [-0.2, 0) is 44.6 Å². The molecule has 1 amide bonds. The first-order valence-corrected chi connectivity index (χ1v) is 21.4. The molecular weight excluding hydrogens is 775 g/mol. The van der Waals surface area contributed by atoms with Crippen molar-refractivity contribution in [1.29, 1.82) is 0 Å². The maximum atomic E-state index is 14.5. The Hall–Kier alpha value is -3.87. The van der Waals surface area contributed by atoms with Crippen molar-refractivity contribution in [2.24, 2.45) is 17.8 Å². The van der Waals surface area contributed by atoms with Crippen LogP contribution in [0.2, 0.25) is 0 Å². The molecule has 3 fully saturated rings. The van der Waals surface area contributed by atoms with E-state index in [9.17, 15) is 24.3 Å². The number of aryl methyl sites for hydroxylation is 1. The predicted molar refractivity (Wildman–Crippen MR) is 220 cm³/mol. The zero-order chi connectivity index (χ0) is 43.9. The van der Waals surface area contributed by atoms with E-state index in [2.05, 4.69) is 20.6 Å². The van der Waals surface area contributed by atoms with Gasteiger partial charge in [0.1, 0.15) is 35.7 Å². The summed E-state index contributed by atoms with van der Waals surface area (Å²) in [5.41, 5.74) is -1.23. The lowest BCUT2D eigenvalue weighted by molar-refractivity contribution is -0.297. The van der Waals surface area contributed by atoms with Gasteiger partial charge in [0.25, 0.3) is 0 Å². The van der Waals surface area contributed by atoms with E-state index in [0.717, 1.165) is 12.0 Å². The Kier molecular flexibility index (Phi) is 16.0. The van der Waals surface area contributed by atoms with E-state index in [-0.39, 0.29) is 36.9 Å². The van der Waals surface area contributed by atoms with Crippen molar-refractivity contribution in [3.05, 3.63) is 30.6 Å². The minimum absolute atomic E-state index is 0.131. The largest absolute Gasteiger partial charge is 0.458 e. The number of hydrogen-bond donors (Lipinski definition) is 2. The van der Waals surface area contributed by atoms with Crippen molar-refractivity contribution in [1.82, 2.24) is 35.1 Å². The minimum Gasteiger partial charge on any atom is -0.458 e. The number of methoxy groups -OCH3 is 1. The summed E-state index contributed by atoms with van der Waals surface area (Å²) in [4.78, 5) is 62.8. The van der Waals surface area contributed by atoms with E-state index < -0.39 is 71.5 Å². The van der Waals surface area contributed by atoms with Gasteiger partial charge in [-0.15, -0.1) is 5.10 Å². The number of aliphatic hydroxyl groups is 1. The fourth-order valence-electron chi connectivity index (χ4n) is 9.48. The molecule has 334 valence electrons. The molecule has 2 N–H and O–H groups in total. The van der Waals surface area contributed by atoms with Crippen LogP contribution in [-0.4, -0.2) is 153 Å². The summed E-state index contributed by atoms with van der Waals surface area (Å²) in [6.45, 7) is 14.0. The number of pyridine rings is 1. The standard InChI is InChI=1S/C43H67N7O10/c1-11-34-42(7)37(50(41(55)60-42)20-15-14-19-49-25-32(46-47-49)31-16-12-13-18-44-31)30(6)45-24-26(2)23-43(56-10,17-21-51)38(28(4)35(52)29(5)39(54)58-34)59-40-36(53)33(48(8)9)22-27(3)57-40/h12-13,16,18,21,25-30,33-34,36-38,40,45,53H,11,14-15,17,19-20,22-24H2,1-10H3/t26-,27?,28+,29-,30-,33?,34-,36?,37-,38-,40+,42-,43-/m1/s1. The average molecular weight is 842 g/mol. The monoisotopic (exact) mass is 841 g/mol. The molecule has 0 bridgehead atoms. The molecule has 3 aliphatic rings. The minimum atomic E-state index is -1.36. The van der Waals surface area contributed by atoms with E-state index in [1.807, 2.05) is 71.1 Å². The van der Waals surface area contributed by atoms with Gasteiger partial charge in [-0.25, -0.2) is 4.79 Å². The molecule has 5 rings (SSSR count). The molecule has 2 aromatic heterocycles. The van der Waals surface area contributed by atoms with Crippen LogP contribution in [0, 0.1) is 17.8 Å². The van der Waals surface area contributed by atoms with Crippen LogP contribution in [0.4, 0.5) is 4.79 Å². The highest BCUT2D eigenvalue weighted by molar-refractivity contribution is 6.00. The van der Waals surface area contributed by atoms with Gasteiger partial charge in [0.05, 0.1) is 30.1 Å². The van der Waals surface area contributed by atoms with E-state index >= 15 is 0 Å². The Morgan fingerprint density at radius 2 is 1.82 bits per heavy atom. The highest BCUT2D eigenvalue weighted by Crippen LogP contribution is 2.41. The summed E-state index contributed by atoms with van der Waals surface area (Å²) >= 11 is 0. The number of aromatic nitrogens is 4. The van der Waals surface area contributed by atoms with Crippen LogP contribution < -0.4 is 5.32 Å². The van der Waals surface area contributed by atoms with Crippen LogP contribution >= 0.6 is 0 Å². The van der Waals surface area contributed by atoms with Crippen molar-refractivity contribution in [2.75, 3.05) is 34.3 Å². The number of carbonyl (C=O) groups is 4. The molecule has 2 aromatic rings. The second-order valence-electron chi connectivity index (χ2n) is 17.5. The normalized spacial score (nSPS) is 36.0. The van der Waals surface area contributed by atoms with Crippen LogP contribution in [0.3, 0.4) is 0 Å². The number of carbonyl (C=O) groups excluding carboxylic acids is 4. The number of fused-ring (bicyclic) bond motifs is 1. The molecule has 0 radical (unpaired) electrons. The van der Waals surface area contributed by atoms with E-state index in [0.29, 0.717) is 51.0 Å². The number of Topliss-reactive ketones (excluding diaryl/α,β-unsaturated/α-hetero) is 1. The number of nitrogens with one attached hydrogen (secondary N) is 1. The number of aliphatic hydroxyl groups excluding tert-OH is 1. The average Bonchev–Trinajstić information content (AvgIpc) is 3.80. The fraction of sp³-hybridized carbons (Fsp3) is 0.744. The Balaban J connectivity index is 1.42. The van der Waals surface area contributed by atoms with Gasteiger partial charge in [0, 0.05) is 50.8 Å². The van der Waals surface area contributed by atoms with Gasteiger partial charge in [0.2, 0.25) is 0 Å². The van der Waals surface area contributed by atoms with Crippen LogP contribution in [0.25, 0.3) is 11.4 Å². The molecule has 0 aromatic carbocycles. The summed E-state index contributed by atoms with van der Waals surface area (Å²) in [7, 11) is 5.22. The maximum Gasteiger partial charge on any atom is 0.410 e. The highest BCUT2D eigenvalue weighted by Gasteiger charge is 2.59. The van der Waals surface area contributed by atoms with Gasteiger partial charge in [-0.2, -0.15) is 0 Å². The molecule has 3 saturated heterocycles. The molecule has 3 aliphatic heterocycles. The Bertz CT molecular complexity index is 1750. The molecule has 13 atom stereocenters. The van der Waals surface area contributed by atoms with Gasteiger partial charge in [-0.3, -0.25) is 24.2 Å². The van der Waals surface area contributed by atoms with Gasteiger partial charge in [0.15, 0.2) is 17.7 Å². The number of ketones is 1. The zero-order valence-corrected chi connectivity index (χ0v) is 37.0. The number of nitrogens with zero attached hydrogens (tertiary/aromatic N) is 6. The topological polar surface area (TPSA) is 197 Å². The van der Waals surface area contributed by atoms with Gasteiger partial charge >= 0.3 is 12.1 Å². The molecule has 0 aliphatic carbocycles. The number of cyclic esters (lactones) is 1. The SMILES string of the molecule is CC[C@H]1OC(=O)[C@H](C)C(=O)[C@H](C)[C@@H](O[C@@H]2OC(C)CC(N(C)C)C2O)[C@](CC=O)(OC)C[C@@H](C)CN[C@H](C)[C@H]2N(CCCCn3cc(-c4ccccn4)nn3)C(=O)O[C@]12C. The quantitative estimate of drug-likeness (QED) is 0.128. The second kappa shape index (κ2) is 20.3. The highest BCUT2D eigenvalue weighted by atomic mass is 16.7. The Morgan fingerprint density at radius 3 is 2.47 bits per heavy atom. The Morgan fingerprint density at radius 1 is 1.08 bits per heavy atom. The zero-order valence-electron chi connectivity index (χ0n) is 37.0. The summed E-state index contributed by atoms with van der Waals surface area (Å²) in [6, 6.07) is 4.38. The molecular formula is C43H67N7O10. The smallest absolute Gasteiger partial charge is 0.410 e. The second-order valence-corrected chi connectivity index (χ2v) is 17.5. The first-order valence-electron chi connectivity index (χ1n) is 21.4. The lowest BCUT2D eigenvalue weighted by Gasteiger charge is -2.47. The number of unbranched alkanes of at least 4 members (excludes halogenated alkanes) is 1. The van der Waals surface area contributed by atoms with E-state index in [1.165, 1.54) is 14.0 Å². The fourth-order valence-corrected chi connectivity index (χ4v) is 9.48. The number of aldehydes is 1. The van der Waals surface area contributed by atoms with Gasteiger partial charge in [-0.1, -0.05) is 32.1 Å². The van der Waals surface area contributed by atoms with Crippen molar-refractivity contribution >= 4 is 24.1 Å². The molecule has 3 unspecified atom stereocenters. The molecule has 0 spiro atoms. The first-order chi connectivity index (χ1) is 28.5. The van der Waals surface area contributed by atoms with Crippen LogP contribution in [0.5, 0.6) is 0 Å². The predicted octanol–water partition coefficient (Wildman–Crippen LogP) is 3.67. The molecule has 60 heavy (non-hydrogen) atoms. The van der Waals surface area contributed by atoms with Crippen LogP contribution in [0.15, 0.2) is 30.6 Å².